The van der Waals surface area contributed by atoms with Crippen molar-refractivity contribution in [1.82, 2.24) is 0 Å². The lowest BCUT2D eigenvalue weighted by atomic mass is 10.1. The van der Waals surface area contributed by atoms with Gasteiger partial charge >= 0.3 is 0 Å². The smallest absolute Gasteiger partial charge is 0.138 e. The summed E-state index contributed by atoms with van der Waals surface area (Å²) in [5.74, 6) is 0.863. The molecule has 0 radical (unpaired) electrons. The molecule has 0 aliphatic heterocycles. The van der Waals surface area contributed by atoms with Crippen molar-refractivity contribution in [3.05, 3.63) is 58.6 Å². The molecule has 0 bridgehead atoms. The molecule has 19 heavy (non-hydrogen) atoms. The lowest BCUT2D eigenvalue weighted by molar-refractivity contribution is 0.306. The molecule has 0 aliphatic carbocycles. The van der Waals surface area contributed by atoms with Crippen LogP contribution in [-0.4, -0.2) is 5.11 Å². The van der Waals surface area contributed by atoms with Crippen LogP contribution in [0.4, 0.5) is 0 Å². The number of hydrogen-bond donors (Lipinski definition) is 2. The van der Waals surface area contributed by atoms with Crippen LogP contribution in [0.1, 0.15) is 24.1 Å². The van der Waals surface area contributed by atoms with Gasteiger partial charge in [-0.15, -0.1) is 0 Å². The van der Waals surface area contributed by atoms with Crippen LogP contribution in [-0.2, 0) is 6.61 Å². The van der Waals surface area contributed by atoms with Crippen LogP contribution in [0.3, 0.4) is 0 Å². The molecule has 3 N–H and O–H groups in total. The van der Waals surface area contributed by atoms with Gasteiger partial charge in [0.05, 0.1) is 5.02 Å². The van der Waals surface area contributed by atoms with E-state index in [1.54, 1.807) is 24.3 Å². The van der Waals surface area contributed by atoms with E-state index in [1.807, 2.05) is 25.1 Å². The summed E-state index contributed by atoms with van der Waals surface area (Å²) >= 11 is 6.14. The minimum absolute atomic E-state index is 0.0522. The molecule has 0 fully saturated rings. The normalized spacial score (nSPS) is 12.2. The van der Waals surface area contributed by atoms with Crippen molar-refractivity contribution in [1.29, 1.82) is 0 Å². The van der Waals surface area contributed by atoms with E-state index < -0.39 is 0 Å². The Bertz CT molecular complexity index is 553. The molecule has 0 spiro atoms. The number of nitrogens with two attached hydrogens (primary N) is 1. The monoisotopic (exact) mass is 277 g/mol. The highest BCUT2D eigenvalue weighted by atomic mass is 35.5. The zero-order valence-electron chi connectivity index (χ0n) is 10.6. The third-order valence-corrected chi connectivity index (χ3v) is 3.11. The molecule has 0 saturated carbocycles. The van der Waals surface area contributed by atoms with E-state index in [1.165, 1.54) is 0 Å². The van der Waals surface area contributed by atoms with Crippen molar-refractivity contribution in [2.45, 2.75) is 19.6 Å². The zero-order valence-corrected chi connectivity index (χ0v) is 11.4. The first-order valence-corrected chi connectivity index (χ1v) is 6.40. The van der Waals surface area contributed by atoms with Crippen LogP contribution in [0.2, 0.25) is 5.02 Å². The van der Waals surface area contributed by atoms with Gasteiger partial charge in [-0.1, -0.05) is 29.8 Å². The van der Waals surface area contributed by atoms with Crippen molar-refractivity contribution in [3.8, 4) is 11.5 Å². The van der Waals surface area contributed by atoms with Crippen LogP contribution in [0.15, 0.2) is 42.5 Å². The predicted molar refractivity (Wildman–Crippen MR) is 76.5 cm³/mol. The van der Waals surface area contributed by atoms with Crippen molar-refractivity contribution in [3.63, 3.8) is 0 Å². The number of phenols is 1. The molecular formula is C15H16ClNO2. The van der Waals surface area contributed by atoms with Crippen LogP contribution >= 0.6 is 11.6 Å². The fourth-order valence-electron chi connectivity index (χ4n) is 1.67. The number of hydrogen-bond acceptors (Lipinski definition) is 3. The van der Waals surface area contributed by atoms with Gasteiger partial charge in [0.2, 0.25) is 0 Å². The van der Waals surface area contributed by atoms with Crippen molar-refractivity contribution in [2.75, 3.05) is 0 Å². The maximum absolute atomic E-state index is 9.19. The predicted octanol–water partition coefficient (Wildman–Crippen LogP) is 3.64. The highest BCUT2D eigenvalue weighted by molar-refractivity contribution is 6.32. The Morgan fingerprint density at radius 1 is 1.21 bits per heavy atom. The van der Waals surface area contributed by atoms with Crippen LogP contribution < -0.4 is 10.5 Å². The Morgan fingerprint density at radius 3 is 2.47 bits per heavy atom. The maximum Gasteiger partial charge on any atom is 0.138 e. The molecule has 0 unspecified atom stereocenters. The summed E-state index contributed by atoms with van der Waals surface area (Å²) in [6, 6.07) is 12.4. The maximum atomic E-state index is 9.19. The molecule has 3 nitrogen and oxygen atoms in total. The summed E-state index contributed by atoms with van der Waals surface area (Å²) in [6.45, 7) is 2.31. The van der Waals surface area contributed by atoms with Crippen molar-refractivity contribution in [2.24, 2.45) is 5.73 Å². The first-order valence-electron chi connectivity index (χ1n) is 6.02. The van der Waals surface area contributed by atoms with E-state index in [-0.39, 0.29) is 11.8 Å². The number of aromatic hydroxyl groups is 1. The molecule has 100 valence electrons. The van der Waals surface area contributed by atoms with Gasteiger partial charge in [-0.3, -0.25) is 0 Å². The number of ether oxygens (including phenoxy) is 1. The molecule has 2 aromatic carbocycles. The summed E-state index contributed by atoms with van der Waals surface area (Å²) in [5, 5.41) is 9.74. The standard InChI is InChI=1S/C15H16ClNO2/c1-10(17)12-4-7-15(14(16)8-12)19-9-11-2-5-13(18)6-3-11/h2-8,10,18H,9,17H2,1H3/t10-/m1/s1. The minimum Gasteiger partial charge on any atom is -0.508 e. The van der Waals surface area contributed by atoms with Gasteiger partial charge in [-0.2, -0.15) is 0 Å². The highest BCUT2D eigenvalue weighted by Crippen LogP contribution is 2.28. The Labute approximate surface area is 117 Å². The Hall–Kier alpha value is -1.71. The highest BCUT2D eigenvalue weighted by Gasteiger charge is 2.06. The molecule has 0 heterocycles. The lowest BCUT2D eigenvalue weighted by Crippen LogP contribution is -2.05. The first-order chi connectivity index (χ1) is 9.06. The number of halogens is 1. The average molecular weight is 278 g/mol. The van der Waals surface area contributed by atoms with Gasteiger partial charge in [0.25, 0.3) is 0 Å². The SMILES string of the molecule is C[C@@H](N)c1ccc(OCc2ccc(O)cc2)c(Cl)c1. The second-order valence-corrected chi connectivity index (χ2v) is 4.84. The molecule has 2 rings (SSSR count). The summed E-state index contributed by atoms with van der Waals surface area (Å²) in [7, 11) is 0. The van der Waals surface area contributed by atoms with E-state index in [9.17, 15) is 5.11 Å². The van der Waals surface area contributed by atoms with Gasteiger partial charge in [0, 0.05) is 6.04 Å². The summed E-state index contributed by atoms with van der Waals surface area (Å²) in [6.07, 6.45) is 0. The number of rotatable bonds is 4. The van der Waals surface area contributed by atoms with E-state index in [0.717, 1.165) is 11.1 Å². The second kappa shape index (κ2) is 5.95. The van der Waals surface area contributed by atoms with E-state index in [4.69, 9.17) is 22.1 Å². The molecule has 4 heteroatoms. The molecule has 2 aromatic rings. The van der Waals surface area contributed by atoms with Crippen LogP contribution in [0.25, 0.3) is 0 Å². The van der Waals surface area contributed by atoms with E-state index >= 15 is 0 Å². The van der Waals surface area contributed by atoms with Gasteiger partial charge < -0.3 is 15.6 Å². The first kappa shape index (κ1) is 13.7. The molecule has 0 aliphatic rings. The van der Waals surface area contributed by atoms with Gasteiger partial charge in [-0.05, 0) is 42.3 Å². The van der Waals surface area contributed by atoms with Gasteiger partial charge in [0.1, 0.15) is 18.1 Å². The van der Waals surface area contributed by atoms with Gasteiger partial charge in [0.15, 0.2) is 0 Å². The van der Waals surface area contributed by atoms with Crippen molar-refractivity contribution < 1.29 is 9.84 Å². The Morgan fingerprint density at radius 2 is 1.89 bits per heavy atom. The van der Waals surface area contributed by atoms with Crippen molar-refractivity contribution >= 4 is 11.6 Å². The quantitative estimate of drug-likeness (QED) is 0.897. The molecular weight excluding hydrogens is 262 g/mol. The third kappa shape index (κ3) is 3.63. The average Bonchev–Trinajstić information content (AvgIpc) is 2.39. The third-order valence-electron chi connectivity index (χ3n) is 2.81. The van der Waals surface area contributed by atoms with Crippen LogP contribution in [0.5, 0.6) is 11.5 Å². The minimum atomic E-state index is -0.0522. The second-order valence-electron chi connectivity index (χ2n) is 4.43. The topological polar surface area (TPSA) is 55.5 Å². The lowest BCUT2D eigenvalue weighted by Gasteiger charge is -2.11. The van der Waals surface area contributed by atoms with Crippen LogP contribution in [0, 0.1) is 0 Å². The summed E-state index contributed by atoms with van der Waals surface area (Å²) < 4.78 is 5.64. The molecule has 1 atom stereocenters. The number of phenolic OH excluding ortho intramolecular Hbond substituents is 1. The molecule has 0 amide bonds. The van der Waals surface area contributed by atoms with E-state index in [0.29, 0.717) is 17.4 Å². The van der Waals surface area contributed by atoms with E-state index in [2.05, 4.69) is 0 Å². The fraction of sp³-hybridized carbons (Fsp3) is 0.200. The molecule has 0 saturated heterocycles. The Kier molecular flexibility index (Phi) is 4.30. The summed E-state index contributed by atoms with van der Waals surface area (Å²) in [5.41, 5.74) is 7.73. The fourth-order valence-corrected chi connectivity index (χ4v) is 1.91. The molecule has 0 aromatic heterocycles. The largest absolute Gasteiger partial charge is 0.508 e. The summed E-state index contributed by atoms with van der Waals surface area (Å²) in [4.78, 5) is 0. The van der Waals surface area contributed by atoms with Gasteiger partial charge in [-0.25, -0.2) is 0 Å². The Balaban J connectivity index is 2.05. The number of benzene rings is 2. The zero-order chi connectivity index (χ0) is 13.8.